The van der Waals surface area contributed by atoms with Crippen LogP contribution >= 0.6 is 0 Å². The standard InChI is InChI=1S/C18H24N2O2/c1-10-7-8-19-16(17(10)21)18(22)20-14-4-2-3-13-11-5-6-12(9-11)15(13)14/h7-8,11-15,21H,2-6,9H2,1H3,(H,20,22)/t11-,12+,13+,14?,15-/m1/s1. The second-order valence-electron chi connectivity index (χ2n) is 7.41. The average Bonchev–Trinajstić information content (AvgIpc) is 3.12. The molecule has 118 valence electrons. The van der Waals surface area contributed by atoms with Crippen LogP contribution in [0.4, 0.5) is 0 Å². The Bertz CT molecular complexity index is 601. The highest BCUT2D eigenvalue weighted by molar-refractivity contribution is 5.95. The molecule has 1 amide bonds. The van der Waals surface area contributed by atoms with E-state index in [1.807, 2.05) is 0 Å². The van der Waals surface area contributed by atoms with E-state index < -0.39 is 0 Å². The second-order valence-corrected chi connectivity index (χ2v) is 7.41. The van der Waals surface area contributed by atoms with Crippen molar-refractivity contribution in [2.75, 3.05) is 0 Å². The molecular formula is C18H24N2O2. The van der Waals surface area contributed by atoms with Crippen molar-refractivity contribution in [2.24, 2.45) is 23.7 Å². The second kappa shape index (κ2) is 5.25. The molecule has 0 spiro atoms. The third-order valence-electron chi connectivity index (χ3n) is 6.33. The minimum Gasteiger partial charge on any atom is -0.505 e. The van der Waals surface area contributed by atoms with Gasteiger partial charge in [-0.15, -0.1) is 0 Å². The molecule has 0 saturated heterocycles. The number of fused-ring (bicyclic) bond motifs is 5. The topological polar surface area (TPSA) is 62.2 Å². The van der Waals surface area contributed by atoms with Gasteiger partial charge in [0.2, 0.25) is 0 Å². The number of carbonyl (C=O) groups excluding carboxylic acids is 1. The third kappa shape index (κ3) is 2.11. The van der Waals surface area contributed by atoms with Crippen molar-refractivity contribution >= 4 is 5.91 Å². The summed E-state index contributed by atoms with van der Waals surface area (Å²) < 4.78 is 0. The Morgan fingerprint density at radius 1 is 1.27 bits per heavy atom. The van der Waals surface area contributed by atoms with Crippen LogP contribution in [0.1, 0.15) is 54.6 Å². The van der Waals surface area contributed by atoms with Gasteiger partial charge in [-0.2, -0.15) is 0 Å². The van der Waals surface area contributed by atoms with Gasteiger partial charge < -0.3 is 10.4 Å². The molecule has 1 aromatic heterocycles. The number of nitrogens with zero attached hydrogens (tertiary/aromatic N) is 1. The van der Waals surface area contributed by atoms with Crippen LogP contribution in [0.25, 0.3) is 0 Å². The average molecular weight is 300 g/mol. The molecule has 3 aliphatic carbocycles. The number of aromatic nitrogens is 1. The van der Waals surface area contributed by atoms with Gasteiger partial charge in [0, 0.05) is 12.2 Å². The quantitative estimate of drug-likeness (QED) is 0.882. The maximum absolute atomic E-state index is 12.5. The fraction of sp³-hybridized carbons (Fsp3) is 0.667. The van der Waals surface area contributed by atoms with Crippen LogP contribution in [0.2, 0.25) is 0 Å². The van der Waals surface area contributed by atoms with E-state index in [2.05, 4.69) is 10.3 Å². The van der Waals surface area contributed by atoms with Crippen molar-refractivity contribution in [2.45, 2.75) is 51.5 Å². The Labute approximate surface area is 131 Å². The third-order valence-corrected chi connectivity index (χ3v) is 6.33. The SMILES string of the molecule is Cc1ccnc(C(=O)NC2CCC[C@H]3[C@@H]4CC[C@@H](C4)[C@@H]23)c1O. The molecule has 3 aliphatic rings. The molecule has 2 bridgehead atoms. The fourth-order valence-corrected chi connectivity index (χ4v) is 5.40. The zero-order valence-corrected chi connectivity index (χ0v) is 13.1. The first-order chi connectivity index (χ1) is 10.6. The number of hydrogen-bond acceptors (Lipinski definition) is 3. The molecule has 5 atom stereocenters. The molecule has 3 saturated carbocycles. The summed E-state index contributed by atoms with van der Waals surface area (Å²) in [5.41, 5.74) is 0.867. The normalized spacial score (nSPS) is 36.1. The van der Waals surface area contributed by atoms with Gasteiger partial charge in [-0.1, -0.05) is 6.42 Å². The van der Waals surface area contributed by atoms with Gasteiger partial charge >= 0.3 is 0 Å². The lowest BCUT2D eigenvalue weighted by Crippen LogP contribution is -2.47. The lowest BCUT2D eigenvalue weighted by Gasteiger charge is -2.41. The van der Waals surface area contributed by atoms with Crippen molar-refractivity contribution in [3.8, 4) is 5.75 Å². The molecule has 1 heterocycles. The van der Waals surface area contributed by atoms with E-state index in [-0.39, 0.29) is 23.4 Å². The predicted molar refractivity (Wildman–Crippen MR) is 83.6 cm³/mol. The highest BCUT2D eigenvalue weighted by Gasteiger charge is 2.51. The minimum atomic E-state index is -0.213. The summed E-state index contributed by atoms with van der Waals surface area (Å²) in [7, 11) is 0. The van der Waals surface area contributed by atoms with Crippen molar-refractivity contribution in [1.29, 1.82) is 0 Å². The first kappa shape index (κ1) is 14.0. The van der Waals surface area contributed by atoms with E-state index >= 15 is 0 Å². The van der Waals surface area contributed by atoms with E-state index in [1.54, 1.807) is 19.2 Å². The van der Waals surface area contributed by atoms with Crippen LogP contribution < -0.4 is 5.32 Å². The number of pyridine rings is 1. The zero-order valence-electron chi connectivity index (χ0n) is 13.1. The lowest BCUT2D eigenvalue weighted by atomic mass is 9.68. The Hall–Kier alpha value is -1.58. The molecule has 4 heteroatoms. The Balaban J connectivity index is 1.53. The number of rotatable bonds is 2. The molecule has 1 unspecified atom stereocenters. The van der Waals surface area contributed by atoms with Crippen molar-refractivity contribution in [1.82, 2.24) is 10.3 Å². The molecule has 22 heavy (non-hydrogen) atoms. The van der Waals surface area contributed by atoms with Gasteiger partial charge in [-0.3, -0.25) is 4.79 Å². The maximum atomic E-state index is 12.5. The molecule has 2 N–H and O–H groups in total. The summed E-state index contributed by atoms with van der Waals surface area (Å²) in [6.45, 7) is 1.79. The summed E-state index contributed by atoms with van der Waals surface area (Å²) in [6.07, 6.45) is 9.32. The van der Waals surface area contributed by atoms with E-state index in [1.165, 1.54) is 32.1 Å². The largest absolute Gasteiger partial charge is 0.505 e. The predicted octanol–water partition coefficient (Wildman–Crippen LogP) is 3.04. The fourth-order valence-electron chi connectivity index (χ4n) is 5.40. The minimum absolute atomic E-state index is 0.0142. The molecule has 0 aromatic carbocycles. The number of amides is 1. The first-order valence-corrected chi connectivity index (χ1v) is 8.60. The number of carbonyl (C=O) groups is 1. The molecule has 4 nitrogen and oxygen atoms in total. The molecule has 0 radical (unpaired) electrons. The Morgan fingerprint density at radius 2 is 2.09 bits per heavy atom. The van der Waals surface area contributed by atoms with Crippen molar-refractivity contribution in [3.05, 3.63) is 23.5 Å². The molecular weight excluding hydrogens is 276 g/mol. The summed E-state index contributed by atoms with van der Waals surface area (Å²) in [4.78, 5) is 16.6. The van der Waals surface area contributed by atoms with Crippen LogP contribution in [0, 0.1) is 30.6 Å². The van der Waals surface area contributed by atoms with Crippen LogP contribution in [0.3, 0.4) is 0 Å². The maximum Gasteiger partial charge on any atom is 0.273 e. The van der Waals surface area contributed by atoms with Crippen LogP contribution in [0.15, 0.2) is 12.3 Å². The van der Waals surface area contributed by atoms with E-state index in [4.69, 9.17) is 0 Å². The van der Waals surface area contributed by atoms with Crippen molar-refractivity contribution in [3.63, 3.8) is 0 Å². The smallest absolute Gasteiger partial charge is 0.273 e. The zero-order chi connectivity index (χ0) is 15.3. The van der Waals surface area contributed by atoms with Crippen LogP contribution in [-0.4, -0.2) is 22.0 Å². The summed E-state index contributed by atoms with van der Waals surface area (Å²) >= 11 is 0. The Morgan fingerprint density at radius 3 is 2.95 bits per heavy atom. The molecule has 4 rings (SSSR count). The Kier molecular flexibility index (Phi) is 3.35. The number of hydrogen-bond donors (Lipinski definition) is 2. The van der Waals surface area contributed by atoms with Crippen LogP contribution in [0.5, 0.6) is 5.75 Å². The highest BCUT2D eigenvalue weighted by Crippen LogP contribution is 2.57. The van der Waals surface area contributed by atoms with Crippen LogP contribution in [-0.2, 0) is 0 Å². The van der Waals surface area contributed by atoms with Gasteiger partial charge in [0.15, 0.2) is 5.69 Å². The first-order valence-electron chi connectivity index (χ1n) is 8.60. The molecule has 0 aliphatic heterocycles. The van der Waals surface area contributed by atoms with Gasteiger partial charge in [0.05, 0.1) is 0 Å². The van der Waals surface area contributed by atoms with Gasteiger partial charge in [0.1, 0.15) is 5.75 Å². The number of aryl methyl sites for hydroxylation is 1. The highest BCUT2D eigenvalue weighted by atomic mass is 16.3. The summed E-state index contributed by atoms with van der Waals surface area (Å²) in [6, 6.07) is 1.99. The van der Waals surface area contributed by atoms with Gasteiger partial charge in [0.25, 0.3) is 5.91 Å². The van der Waals surface area contributed by atoms with E-state index in [9.17, 15) is 9.90 Å². The lowest BCUT2D eigenvalue weighted by molar-refractivity contribution is 0.0793. The summed E-state index contributed by atoms with van der Waals surface area (Å²) in [5.74, 6) is 2.98. The number of nitrogens with one attached hydrogen (secondary N) is 1. The molecule has 1 aromatic rings. The van der Waals surface area contributed by atoms with Gasteiger partial charge in [-0.25, -0.2) is 4.98 Å². The van der Waals surface area contributed by atoms with E-state index in [0.717, 1.165) is 24.2 Å². The van der Waals surface area contributed by atoms with Crippen molar-refractivity contribution < 1.29 is 9.90 Å². The number of aromatic hydroxyl groups is 1. The summed E-state index contributed by atoms with van der Waals surface area (Å²) in [5, 5.41) is 13.3. The molecule has 3 fully saturated rings. The van der Waals surface area contributed by atoms with Gasteiger partial charge in [-0.05, 0) is 74.3 Å². The van der Waals surface area contributed by atoms with E-state index in [0.29, 0.717) is 11.5 Å². The monoisotopic (exact) mass is 300 g/mol.